The van der Waals surface area contributed by atoms with Crippen molar-refractivity contribution in [3.63, 3.8) is 0 Å². The van der Waals surface area contributed by atoms with Gasteiger partial charge in [0, 0.05) is 43.1 Å². The highest BCUT2D eigenvalue weighted by atomic mass is 32.1. The number of thiophene rings is 1. The molecular weight excluding hydrogens is 783 g/mol. The van der Waals surface area contributed by atoms with Crippen molar-refractivity contribution in [2.45, 2.75) is 0 Å². The molecule has 9 aromatic carbocycles. The number of hydrogen-bond acceptors (Lipinski definition) is 4. The van der Waals surface area contributed by atoms with E-state index in [4.69, 9.17) is 15.0 Å². The number of fused-ring (bicyclic) bond motifs is 6. The zero-order valence-electron chi connectivity index (χ0n) is 34.1. The van der Waals surface area contributed by atoms with E-state index < -0.39 is 0 Å². The van der Waals surface area contributed by atoms with Crippen LogP contribution in [0.3, 0.4) is 0 Å². The summed E-state index contributed by atoms with van der Waals surface area (Å²) in [6.07, 6.45) is 0. The topological polar surface area (TPSA) is 38.7 Å². The van der Waals surface area contributed by atoms with Crippen LogP contribution in [0.5, 0.6) is 0 Å². The van der Waals surface area contributed by atoms with Gasteiger partial charge in [-0.1, -0.05) is 188 Å². The van der Waals surface area contributed by atoms with Gasteiger partial charge in [0.25, 0.3) is 0 Å². The molecule has 0 unspecified atom stereocenters. The van der Waals surface area contributed by atoms with Crippen molar-refractivity contribution in [2.24, 2.45) is 0 Å². The first kappa shape index (κ1) is 36.8. The molecule has 0 aliphatic carbocycles. The smallest absolute Gasteiger partial charge is 0.160 e. The molecule has 294 valence electrons. The van der Waals surface area contributed by atoms with E-state index in [-0.39, 0.29) is 0 Å². The van der Waals surface area contributed by atoms with Gasteiger partial charge in [0.05, 0.1) is 27.3 Å². The van der Waals surface area contributed by atoms with Gasteiger partial charge in [-0.15, -0.1) is 11.3 Å². The summed E-state index contributed by atoms with van der Waals surface area (Å²) in [7, 11) is 0. The molecular formula is C59H37N3S. The summed E-state index contributed by atoms with van der Waals surface area (Å²) in [6.45, 7) is 0. The summed E-state index contributed by atoms with van der Waals surface area (Å²) >= 11 is 1.83. The third-order valence-electron chi connectivity index (χ3n) is 12.1. The Kier molecular flexibility index (Phi) is 9.02. The lowest BCUT2D eigenvalue weighted by atomic mass is 9.95. The van der Waals surface area contributed by atoms with E-state index in [0.29, 0.717) is 5.82 Å². The minimum Gasteiger partial charge on any atom is -0.246 e. The van der Waals surface area contributed by atoms with Crippen molar-refractivity contribution in [1.82, 2.24) is 15.0 Å². The molecule has 0 amide bonds. The number of nitrogens with zero attached hydrogens (tertiary/aromatic N) is 3. The van der Waals surface area contributed by atoms with Crippen LogP contribution in [0.2, 0.25) is 0 Å². The molecule has 12 rings (SSSR count). The van der Waals surface area contributed by atoms with Gasteiger partial charge in [-0.25, -0.2) is 15.0 Å². The van der Waals surface area contributed by atoms with E-state index in [9.17, 15) is 0 Å². The molecule has 0 aliphatic heterocycles. The molecule has 0 saturated heterocycles. The molecule has 4 heteroatoms. The molecule has 0 fully saturated rings. The summed E-state index contributed by atoms with van der Waals surface area (Å²) in [5, 5.41) is 6.12. The van der Waals surface area contributed by atoms with Crippen LogP contribution in [0, 0.1) is 0 Å². The van der Waals surface area contributed by atoms with E-state index in [2.05, 4.69) is 212 Å². The zero-order chi connectivity index (χ0) is 41.7. The first-order valence-electron chi connectivity index (χ1n) is 21.2. The maximum atomic E-state index is 5.42. The molecule has 12 aromatic rings. The Morgan fingerprint density at radius 1 is 0.317 bits per heavy atom. The number of rotatable bonds is 7. The van der Waals surface area contributed by atoms with Crippen LogP contribution < -0.4 is 0 Å². The summed E-state index contributed by atoms with van der Waals surface area (Å²) in [5.41, 5.74) is 14.9. The SMILES string of the molecule is c1ccc(-c2ccc(-c3cc(-c4ccccc4)nc(-c4cccc(-c5cccc(-c6ccc7nc(-c8cccc9ccccc89)c8sc9ccccc9c8c7c6)c5)c4)n3)cc2)cc1. The molecule has 0 N–H and O–H groups in total. The van der Waals surface area contributed by atoms with Crippen molar-refractivity contribution in [2.75, 3.05) is 0 Å². The highest BCUT2D eigenvalue weighted by Crippen LogP contribution is 2.45. The molecule has 0 bridgehead atoms. The Morgan fingerprint density at radius 3 is 1.57 bits per heavy atom. The standard InChI is InChI=1S/C59H37N3S/c1-3-14-38(15-4-1)39-28-30-42(31-29-39)54-37-53(41-17-5-2-6-18-41)61-59(62-54)47-23-12-22-45(35-47)43-20-11-21-44(34-43)46-32-33-52-51(36-46)56-50-25-9-10-27-55(50)63-58(56)57(60-52)49-26-13-19-40-16-7-8-24-48(40)49/h1-37H. The van der Waals surface area contributed by atoms with Gasteiger partial charge in [0.2, 0.25) is 0 Å². The van der Waals surface area contributed by atoms with Gasteiger partial charge in [-0.3, -0.25) is 0 Å². The lowest BCUT2D eigenvalue weighted by Gasteiger charge is -2.12. The lowest BCUT2D eigenvalue weighted by molar-refractivity contribution is 1.18. The number of hydrogen-bond donors (Lipinski definition) is 0. The van der Waals surface area contributed by atoms with E-state index >= 15 is 0 Å². The van der Waals surface area contributed by atoms with Crippen LogP contribution in [0.4, 0.5) is 0 Å². The Morgan fingerprint density at radius 2 is 0.825 bits per heavy atom. The molecule has 3 heterocycles. The Labute approximate surface area is 369 Å². The van der Waals surface area contributed by atoms with Crippen LogP contribution >= 0.6 is 11.3 Å². The zero-order valence-corrected chi connectivity index (χ0v) is 34.9. The highest BCUT2D eigenvalue weighted by molar-refractivity contribution is 7.26. The third-order valence-corrected chi connectivity index (χ3v) is 13.3. The molecule has 0 aliphatic rings. The fourth-order valence-corrected chi connectivity index (χ4v) is 10.2. The normalized spacial score (nSPS) is 11.5. The quantitative estimate of drug-likeness (QED) is 0.161. The van der Waals surface area contributed by atoms with Crippen LogP contribution in [0.1, 0.15) is 0 Å². The van der Waals surface area contributed by atoms with Gasteiger partial charge in [0.1, 0.15) is 0 Å². The molecule has 3 aromatic heterocycles. The Hall–Kier alpha value is -8.05. The largest absolute Gasteiger partial charge is 0.246 e. The van der Waals surface area contributed by atoms with E-state index in [1.165, 1.54) is 42.1 Å². The predicted molar refractivity (Wildman–Crippen MR) is 266 cm³/mol. The monoisotopic (exact) mass is 819 g/mol. The van der Waals surface area contributed by atoms with Crippen LogP contribution in [0.15, 0.2) is 224 Å². The maximum Gasteiger partial charge on any atom is 0.160 e. The Bertz CT molecular complexity index is 3660. The molecule has 0 spiro atoms. The molecule has 0 saturated carbocycles. The van der Waals surface area contributed by atoms with Crippen molar-refractivity contribution >= 4 is 53.2 Å². The van der Waals surface area contributed by atoms with Crippen molar-refractivity contribution in [3.05, 3.63) is 224 Å². The number of pyridine rings is 1. The Balaban J connectivity index is 0.939. The van der Waals surface area contributed by atoms with Gasteiger partial charge in [0.15, 0.2) is 5.82 Å². The fourth-order valence-electron chi connectivity index (χ4n) is 8.94. The maximum absolute atomic E-state index is 5.42. The number of aromatic nitrogens is 3. The average molecular weight is 820 g/mol. The van der Waals surface area contributed by atoms with Gasteiger partial charge in [-0.05, 0) is 80.6 Å². The molecule has 63 heavy (non-hydrogen) atoms. The van der Waals surface area contributed by atoms with Crippen molar-refractivity contribution in [1.29, 1.82) is 0 Å². The van der Waals surface area contributed by atoms with E-state index in [1.807, 2.05) is 23.5 Å². The van der Waals surface area contributed by atoms with Crippen molar-refractivity contribution < 1.29 is 0 Å². The molecule has 0 atom stereocenters. The summed E-state index contributed by atoms with van der Waals surface area (Å²) < 4.78 is 2.48. The average Bonchev–Trinajstić information content (AvgIpc) is 3.77. The first-order valence-corrected chi connectivity index (χ1v) is 22.1. The predicted octanol–water partition coefficient (Wildman–Crippen LogP) is 16.2. The van der Waals surface area contributed by atoms with Gasteiger partial charge < -0.3 is 0 Å². The summed E-state index contributed by atoms with van der Waals surface area (Å²) in [4.78, 5) is 15.8. The van der Waals surface area contributed by atoms with Crippen LogP contribution in [-0.2, 0) is 0 Å². The first-order chi connectivity index (χ1) is 31.2. The molecule has 3 nitrogen and oxygen atoms in total. The van der Waals surface area contributed by atoms with E-state index in [0.717, 1.165) is 72.5 Å². The number of benzene rings is 9. The van der Waals surface area contributed by atoms with Gasteiger partial charge in [-0.2, -0.15) is 0 Å². The highest BCUT2D eigenvalue weighted by Gasteiger charge is 2.19. The third kappa shape index (κ3) is 6.74. The van der Waals surface area contributed by atoms with Gasteiger partial charge >= 0.3 is 0 Å². The van der Waals surface area contributed by atoms with Crippen molar-refractivity contribution in [3.8, 4) is 78.5 Å². The van der Waals surface area contributed by atoms with Crippen LogP contribution in [-0.4, -0.2) is 15.0 Å². The summed E-state index contributed by atoms with van der Waals surface area (Å²) in [6, 6.07) is 79.7. The fraction of sp³-hybridized carbons (Fsp3) is 0. The van der Waals surface area contributed by atoms with Crippen LogP contribution in [0.25, 0.3) is 120 Å². The second-order valence-corrected chi connectivity index (χ2v) is 17.0. The second-order valence-electron chi connectivity index (χ2n) is 16.0. The molecule has 0 radical (unpaired) electrons. The van der Waals surface area contributed by atoms with E-state index in [1.54, 1.807) is 0 Å². The second kappa shape index (κ2) is 15.4. The minimum absolute atomic E-state index is 0.688. The summed E-state index contributed by atoms with van der Waals surface area (Å²) in [5.74, 6) is 0.688. The minimum atomic E-state index is 0.688. The lowest BCUT2D eigenvalue weighted by Crippen LogP contribution is -1.96.